The van der Waals surface area contributed by atoms with E-state index < -0.39 is 30.6 Å². The van der Waals surface area contributed by atoms with E-state index in [9.17, 15) is 19.0 Å². The van der Waals surface area contributed by atoms with Crippen molar-refractivity contribution in [1.82, 2.24) is 0 Å². The van der Waals surface area contributed by atoms with E-state index in [-0.39, 0.29) is 24.3 Å². The topological polar surface area (TPSA) is 130 Å². The first-order valence-corrected chi connectivity index (χ1v) is 11.9. The molecule has 0 heterocycles. The highest BCUT2D eigenvalue weighted by atomic mass is 31.2. The molecule has 180 valence electrons. The number of carboxylic acids is 2. The first kappa shape index (κ1) is 26.7. The second-order valence-corrected chi connectivity index (χ2v) is 11.2. The van der Waals surface area contributed by atoms with Crippen LogP contribution in [0.15, 0.2) is 48.5 Å². The summed E-state index contributed by atoms with van der Waals surface area (Å²) >= 11 is 0. The Morgan fingerprint density at radius 3 is 1.30 bits per heavy atom. The van der Waals surface area contributed by atoms with Crippen LogP contribution in [-0.2, 0) is 26.5 Å². The van der Waals surface area contributed by atoms with Crippen LogP contribution in [-0.4, -0.2) is 40.3 Å². The Morgan fingerprint density at radius 1 is 0.727 bits per heavy atom. The van der Waals surface area contributed by atoms with E-state index in [0.29, 0.717) is 12.8 Å². The van der Waals surface area contributed by atoms with Gasteiger partial charge in [-0.2, -0.15) is 0 Å². The highest BCUT2D eigenvalue weighted by molar-refractivity contribution is 7.47. The molecular formula is C24H31O8P. The van der Waals surface area contributed by atoms with Crippen LogP contribution < -0.4 is 0 Å². The number of phosphoric ester groups is 1. The second-order valence-electron chi connectivity index (χ2n) is 9.70. The molecule has 0 saturated heterocycles. The summed E-state index contributed by atoms with van der Waals surface area (Å²) in [5.41, 5.74) is 1.18. The molecule has 0 atom stereocenters. The lowest BCUT2D eigenvalue weighted by atomic mass is 9.86. The van der Waals surface area contributed by atoms with Crippen molar-refractivity contribution in [3.63, 3.8) is 0 Å². The largest absolute Gasteiger partial charge is 0.478 e. The Hall–Kier alpha value is -2.51. The Kier molecular flexibility index (Phi) is 8.60. The van der Waals surface area contributed by atoms with Gasteiger partial charge in [0.25, 0.3) is 0 Å². The predicted octanol–water partition coefficient (Wildman–Crippen LogP) is 5.05. The van der Waals surface area contributed by atoms with E-state index >= 15 is 0 Å². The summed E-state index contributed by atoms with van der Waals surface area (Å²) in [5.74, 6) is -1.99. The van der Waals surface area contributed by atoms with E-state index in [2.05, 4.69) is 0 Å². The molecule has 2 aromatic carbocycles. The van der Waals surface area contributed by atoms with Gasteiger partial charge in [0, 0.05) is 0 Å². The minimum atomic E-state index is -4.29. The molecule has 0 aliphatic rings. The zero-order valence-electron chi connectivity index (χ0n) is 19.3. The van der Waals surface area contributed by atoms with Crippen LogP contribution in [0.5, 0.6) is 0 Å². The van der Waals surface area contributed by atoms with Gasteiger partial charge in [0.05, 0.1) is 24.3 Å². The second kappa shape index (κ2) is 10.6. The van der Waals surface area contributed by atoms with Crippen LogP contribution in [0.4, 0.5) is 0 Å². The molecular weight excluding hydrogens is 447 g/mol. The fourth-order valence-corrected chi connectivity index (χ4v) is 4.39. The van der Waals surface area contributed by atoms with Crippen molar-refractivity contribution in [3.05, 3.63) is 70.8 Å². The number of aromatic carboxylic acids is 2. The van der Waals surface area contributed by atoms with Gasteiger partial charge in [-0.15, -0.1) is 0 Å². The van der Waals surface area contributed by atoms with Gasteiger partial charge in [0.2, 0.25) is 0 Å². The van der Waals surface area contributed by atoms with Crippen LogP contribution in [0, 0.1) is 10.8 Å². The number of carboxylic acid groups (broad SMARTS) is 2. The van der Waals surface area contributed by atoms with Crippen LogP contribution in [0.1, 0.15) is 59.5 Å². The maximum absolute atomic E-state index is 12.4. The van der Waals surface area contributed by atoms with Crippen molar-refractivity contribution in [2.45, 2.75) is 40.5 Å². The lowest BCUT2D eigenvalue weighted by Gasteiger charge is -2.28. The van der Waals surface area contributed by atoms with Gasteiger partial charge in [-0.3, -0.25) is 9.05 Å². The fraction of sp³-hybridized carbons (Fsp3) is 0.417. The average molecular weight is 478 g/mol. The molecule has 0 aliphatic heterocycles. The maximum Gasteiger partial charge on any atom is 0.472 e. The standard InChI is InChI=1S/C24H31O8P/c1-23(2,13-17-5-9-19(10-6-17)21(25)26)15-31-33(29,30)32-16-24(3,4)14-18-7-11-20(12-8-18)22(27)28/h5-12H,13-16H2,1-4H3,(H,25,26)(H,27,28)(H,29,30). The summed E-state index contributed by atoms with van der Waals surface area (Å²) in [5, 5.41) is 18.0. The van der Waals surface area contributed by atoms with Crippen molar-refractivity contribution in [3.8, 4) is 0 Å². The summed E-state index contributed by atoms with van der Waals surface area (Å²) in [6, 6.07) is 12.9. The normalized spacial score (nSPS) is 12.5. The van der Waals surface area contributed by atoms with Crippen LogP contribution in [0.25, 0.3) is 0 Å². The van der Waals surface area contributed by atoms with Crippen LogP contribution in [0.3, 0.4) is 0 Å². The van der Waals surface area contributed by atoms with Crippen LogP contribution >= 0.6 is 7.82 Å². The van der Waals surface area contributed by atoms with E-state index in [4.69, 9.17) is 19.3 Å². The fourth-order valence-electron chi connectivity index (χ4n) is 3.29. The van der Waals surface area contributed by atoms with E-state index in [0.717, 1.165) is 11.1 Å². The first-order chi connectivity index (χ1) is 15.2. The van der Waals surface area contributed by atoms with Crippen molar-refractivity contribution in [1.29, 1.82) is 0 Å². The summed E-state index contributed by atoms with van der Waals surface area (Å²) in [6.07, 6.45) is 1.04. The molecule has 0 fully saturated rings. The molecule has 0 unspecified atom stereocenters. The number of hydrogen-bond acceptors (Lipinski definition) is 5. The number of carbonyl (C=O) groups is 2. The average Bonchev–Trinajstić information content (AvgIpc) is 2.72. The molecule has 0 aliphatic carbocycles. The zero-order chi connectivity index (χ0) is 24.9. The van der Waals surface area contributed by atoms with Gasteiger partial charge >= 0.3 is 19.8 Å². The Balaban J connectivity index is 1.87. The number of benzene rings is 2. The van der Waals surface area contributed by atoms with Crippen molar-refractivity contribution < 1.29 is 38.3 Å². The van der Waals surface area contributed by atoms with Gasteiger partial charge in [-0.05, 0) is 59.1 Å². The van der Waals surface area contributed by atoms with Crippen molar-refractivity contribution in [2.24, 2.45) is 10.8 Å². The third-order valence-corrected chi connectivity index (χ3v) is 5.91. The Morgan fingerprint density at radius 2 is 1.03 bits per heavy atom. The molecule has 2 aromatic rings. The monoisotopic (exact) mass is 478 g/mol. The molecule has 3 N–H and O–H groups in total. The molecule has 0 radical (unpaired) electrons. The lowest BCUT2D eigenvalue weighted by Crippen LogP contribution is -2.24. The molecule has 9 heteroatoms. The molecule has 0 amide bonds. The summed E-state index contributed by atoms with van der Waals surface area (Å²) < 4.78 is 22.9. The van der Waals surface area contributed by atoms with E-state index in [1.807, 2.05) is 27.7 Å². The summed E-state index contributed by atoms with van der Waals surface area (Å²) in [4.78, 5) is 32.1. The smallest absolute Gasteiger partial charge is 0.472 e. The number of phosphoric acid groups is 1. The minimum Gasteiger partial charge on any atom is -0.478 e. The summed E-state index contributed by atoms with van der Waals surface area (Å²) in [6.45, 7) is 7.45. The summed E-state index contributed by atoms with van der Waals surface area (Å²) in [7, 11) is -4.29. The first-order valence-electron chi connectivity index (χ1n) is 10.4. The predicted molar refractivity (Wildman–Crippen MR) is 124 cm³/mol. The van der Waals surface area contributed by atoms with Crippen molar-refractivity contribution in [2.75, 3.05) is 13.2 Å². The van der Waals surface area contributed by atoms with E-state index in [1.165, 1.54) is 24.3 Å². The van der Waals surface area contributed by atoms with Crippen LogP contribution in [0.2, 0.25) is 0 Å². The Bertz CT molecular complexity index is 930. The number of hydrogen-bond donors (Lipinski definition) is 3. The van der Waals surface area contributed by atoms with Gasteiger partial charge < -0.3 is 15.1 Å². The molecule has 8 nitrogen and oxygen atoms in total. The quantitative estimate of drug-likeness (QED) is 0.361. The minimum absolute atomic E-state index is 0.0292. The molecule has 2 rings (SSSR count). The van der Waals surface area contributed by atoms with Gasteiger partial charge in [-0.25, -0.2) is 14.2 Å². The maximum atomic E-state index is 12.4. The van der Waals surface area contributed by atoms with E-state index in [1.54, 1.807) is 24.3 Å². The molecule has 0 bridgehead atoms. The SMILES string of the molecule is CC(C)(COP(=O)(O)OCC(C)(C)Cc1ccc(C(=O)O)cc1)Cc1ccc(C(=O)O)cc1. The molecule has 33 heavy (non-hydrogen) atoms. The zero-order valence-corrected chi connectivity index (χ0v) is 20.2. The highest BCUT2D eigenvalue weighted by Gasteiger charge is 2.30. The Labute approximate surface area is 193 Å². The molecule has 0 aromatic heterocycles. The van der Waals surface area contributed by atoms with Gasteiger partial charge in [0.1, 0.15) is 0 Å². The third-order valence-electron chi connectivity index (χ3n) is 5.00. The van der Waals surface area contributed by atoms with Gasteiger partial charge in [0.15, 0.2) is 0 Å². The number of rotatable bonds is 12. The van der Waals surface area contributed by atoms with Gasteiger partial charge in [-0.1, -0.05) is 52.0 Å². The lowest BCUT2D eigenvalue weighted by molar-refractivity contribution is 0.0686. The molecule has 0 spiro atoms. The highest BCUT2D eigenvalue weighted by Crippen LogP contribution is 2.46. The third kappa shape index (κ3) is 9.10. The van der Waals surface area contributed by atoms with Crippen molar-refractivity contribution >= 4 is 19.8 Å². The molecule has 0 saturated carbocycles.